The van der Waals surface area contributed by atoms with Crippen LogP contribution in [-0.2, 0) is 24.7 Å². The Morgan fingerprint density at radius 2 is 1.09 bits per heavy atom. The van der Waals surface area contributed by atoms with Crippen molar-refractivity contribution in [3.63, 3.8) is 0 Å². The van der Waals surface area contributed by atoms with Gasteiger partial charge in [-0.1, -0.05) is 0 Å². The maximum atomic E-state index is 9.23. The molecule has 0 aliphatic heterocycles. The molecular weight excluding hydrogens is 394 g/mol. The normalized spacial score (nSPS) is 11.0. The average molecular weight is 419 g/mol. The Morgan fingerprint density at radius 3 is 1.39 bits per heavy atom. The van der Waals surface area contributed by atoms with Crippen LogP contribution in [-0.4, -0.2) is 37.5 Å². The van der Waals surface area contributed by atoms with Gasteiger partial charge in [0, 0.05) is 0 Å². The maximum absolute atomic E-state index is 9.23. The van der Waals surface area contributed by atoms with Crippen molar-refractivity contribution in [2.45, 2.75) is 35.6 Å². The fraction of sp³-hybridized carbons (Fsp3) is 0.333. The number of aryl methyl sites for hydroxylation is 2. The summed E-state index contributed by atoms with van der Waals surface area (Å²) < 4.78 is 7.21. The molecule has 23 heavy (non-hydrogen) atoms. The molecule has 0 spiro atoms. The molecule has 0 bridgehead atoms. The zero-order valence-electron chi connectivity index (χ0n) is 13.9. The van der Waals surface area contributed by atoms with Crippen LogP contribution in [0, 0.1) is 0 Å². The Hall–Kier alpha value is -0.816. The predicted octanol–water partition coefficient (Wildman–Crippen LogP) is 2.38. The van der Waals surface area contributed by atoms with Crippen LogP contribution in [0.15, 0.2) is 48.5 Å². The molecule has 3 nitrogen and oxygen atoms in total. The van der Waals surface area contributed by atoms with Gasteiger partial charge in [-0.05, 0) is 0 Å². The van der Waals surface area contributed by atoms with Crippen LogP contribution in [0.3, 0.4) is 0 Å². The molecule has 0 unspecified atom stereocenters. The van der Waals surface area contributed by atoms with E-state index in [4.69, 9.17) is 2.99 Å². The summed E-state index contributed by atoms with van der Waals surface area (Å²) in [5, 5.41) is 18.5. The van der Waals surface area contributed by atoms with E-state index in [0.29, 0.717) is 0 Å². The van der Waals surface area contributed by atoms with Gasteiger partial charge in [-0.2, -0.15) is 0 Å². The van der Waals surface area contributed by atoms with E-state index in [9.17, 15) is 10.0 Å². The van der Waals surface area contributed by atoms with Crippen molar-refractivity contribution >= 4 is 27.5 Å². The van der Waals surface area contributed by atoms with E-state index in [2.05, 4.69) is 62.4 Å². The first kappa shape index (κ1) is 18.5. The van der Waals surface area contributed by atoms with Crippen LogP contribution in [0.25, 0.3) is 0 Å². The second-order valence-electron chi connectivity index (χ2n) is 5.83. The van der Waals surface area contributed by atoms with Crippen LogP contribution in [0.2, 0.25) is 0 Å². The monoisotopic (exact) mass is 420 g/mol. The van der Waals surface area contributed by atoms with E-state index >= 15 is 0 Å². The van der Waals surface area contributed by atoms with E-state index in [-0.39, 0.29) is 0 Å². The average Bonchev–Trinajstić information content (AvgIpc) is 2.55. The van der Waals surface area contributed by atoms with Crippen molar-refractivity contribution in [1.29, 1.82) is 0 Å². The molecule has 0 saturated heterocycles. The zero-order valence-corrected chi connectivity index (χ0v) is 17.2. The Morgan fingerprint density at radius 1 is 0.739 bits per heavy atom. The summed E-state index contributed by atoms with van der Waals surface area (Å²) in [6.07, 6.45) is 2.06. The van der Waals surface area contributed by atoms with Crippen molar-refractivity contribution in [3.05, 3.63) is 70.8 Å². The van der Waals surface area contributed by atoms with Gasteiger partial charge in [0.25, 0.3) is 0 Å². The molecule has 2 aromatic carbocycles. The first-order valence-electron chi connectivity index (χ1n) is 8.28. The molecule has 2 N–H and O–H groups in total. The van der Waals surface area contributed by atoms with Gasteiger partial charge in [0.15, 0.2) is 0 Å². The molecule has 0 atom stereocenters. The SMILES string of the molecule is CCc1ccc([CH2][SnH]([CH2]c2ccc(CC)cc2)[O]B(O)O)cc1. The molecule has 0 aliphatic carbocycles. The molecule has 0 saturated carbocycles. The molecule has 0 amide bonds. The number of hydrogen-bond acceptors (Lipinski definition) is 3. The minimum absolute atomic E-state index is 0.860. The van der Waals surface area contributed by atoms with Gasteiger partial charge < -0.3 is 0 Å². The zero-order chi connectivity index (χ0) is 16.7. The van der Waals surface area contributed by atoms with Gasteiger partial charge in [0.2, 0.25) is 0 Å². The summed E-state index contributed by atoms with van der Waals surface area (Å²) in [6.45, 7) is 4.28. The Balaban J connectivity index is 2.05. The molecule has 2 aromatic rings. The van der Waals surface area contributed by atoms with E-state index < -0.39 is 27.5 Å². The van der Waals surface area contributed by atoms with Gasteiger partial charge in [-0.25, -0.2) is 0 Å². The summed E-state index contributed by atoms with van der Waals surface area (Å²) in [4.78, 5) is 0. The minimum atomic E-state index is -2.58. The third-order valence-corrected chi connectivity index (χ3v) is 11.2. The topological polar surface area (TPSA) is 49.7 Å². The predicted molar refractivity (Wildman–Crippen MR) is 97.5 cm³/mol. The molecule has 0 aliphatic rings. The van der Waals surface area contributed by atoms with E-state index in [1.54, 1.807) is 0 Å². The second-order valence-corrected chi connectivity index (χ2v) is 12.5. The van der Waals surface area contributed by atoms with E-state index in [0.717, 1.165) is 21.7 Å². The molecule has 0 fully saturated rings. The van der Waals surface area contributed by atoms with Gasteiger partial charge in [0.1, 0.15) is 0 Å². The summed E-state index contributed by atoms with van der Waals surface area (Å²) in [5.74, 6) is 0. The van der Waals surface area contributed by atoms with Crippen LogP contribution in [0.4, 0.5) is 0 Å². The summed E-state index contributed by atoms with van der Waals surface area (Å²) in [5.41, 5.74) is 5.10. The summed E-state index contributed by atoms with van der Waals surface area (Å²) in [7, 11) is -1.65. The molecule has 122 valence electrons. The standard InChI is InChI=1S/2C9H11.BH2O3.Sn.H/c2*1-3-9-6-4-8(2)5-7-9;2-1(3)4;;/h2*4-7H,2-3H2,1H3;2-3H;;/q;;-1;+1;. The molecule has 0 aromatic heterocycles. The van der Waals surface area contributed by atoms with Crippen molar-refractivity contribution in [1.82, 2.24) is 0 Å². The van der Waals surface area contributed by atoms with Crippen molar-refractivity contribution < 1.29 is 13.0 Å². The molecular formula is C18H25BO3Sn. The summed E-state index contributed by atoms with van der Waals surface area (Å²) in [6, 6.07) is 17.1. The molecule has 0 radical (unpaired) electrons. The first-order valence-corrected chi connectivity index (χ1v) is 14.3. The number of hydrogen-bond donors (Lipinski definition) is 2. The van der Waals surface area contributed by atoms with Gasteiger partial charge in [-0.3, -0.25) is 0 Å². The fourth-order valence-electron chi connectivity index (χ4n) is 2.69. The Kier molecular flexibility index (Phi) is 7.63. The Labute approximate surface area is 146 Å². The van der Waals surface area contributed by atoms with Gasteiger partial charge in [-0.15, -0.1) is 0 Å². The third-order valence-electron chi connectivity index (χ3n) is 4.10. The Bertz CT molecular complexity index is 535. The molecule has 0 heterocycles. The van der Waals surface area contributed by atoms with Crippen LogP contribution in [0.1, 0.15) is 36.1 Å². The quantitative estimate of drug-likeness (QED) is 0.647. The van der Waals surface area contributed by atoms with Crippen LogP contribution in [0.5, 0.6) is 0 Å². The van der Waals surface area contributed by atoms with Gasteiger partial charge in [0.05, 0.1) is 0 Å². The second kappa shape index (κ2) is 9.47. The van der Waals surface area contributed by atoms with E-state index in [1.165, 1.54) is 22.3 Å². The van der Waals surface area contributed by atoms with Crippen molar-refractivity contribution in [2.24, 2.45) is 0 Å². The van der Waals surface area contributed by atoms with Crippen LogP contribution >= 0.6 is 0 Å². The molecule has 2 rings (SSSR count). The van der Waals surface area contributed by atoms with Crippen molar-refractivity contribution in [2.75, 3.05) is 0 Å². The van der Waals surface area contributed by atoms with E-state index in [1.807, 2.05) is 0 Å². The molecule has 5 heteroatoms. The van der Waals surface area contributed by atoms with Crippen LogP contribution < -0.4 is 0 Å². The number of rotatable bonds is 8. The van der Waals surface area contributed by atoms with Gasteiger partial charge >= 0.3 is 147 Å². The fourth-order valence-corrected chi connectivity index (χ4v) is 9.19. The van der Waals surface area contributed by atoms with Crippen molar-refractivity contribution in [3.8, 4) is 0 Å². The summed E-state index contributed by atoms with van der Waals surface area (Å²) >= 11 is -2.58. The third kappa shape index (κ3) is 6.30. The first-order chi connectivity index (χ1) is 11.1. The number of benzene rings is 2.